The minimum absolute atomic E-state index is 0.363. The number of pyridine rings is 1. The minimum Gasteiger partial charge on any atom is -0.487 e. The molecular weight excluding hydrogens is 280 g/mol. The van der Waals surface area contributed by atoms with Crippen LogP contribution in [0.4, 0.5) is 0 Å². The zero-order chi connectivity index (χ0) is 12.3. The molecule has 1 aromatic carbocycles. The van der Waals surface area contributed by atoms with E-state index in [4.69, 9.17) is 39.5 Å². The lowest BCUT2D eigenvalue weighted by atomic mass is 10.3. The molecule has 0 unspecified atom stereocenters. The topological polar surface area (TPSA) is 22.1 Å². The van der Waals surface area contributed by atoms with E-state index in [0.29, 0.717) is 27.6 Å². The first-order valence-electron chi connectivity index (χ1n) is 4.84. The maximum Gasteiger partial charge on any atom is 0.139 e. The summed E-state index contributed by atoms with van der Waals surface area (Å²) < 4.78 is 5.56. The third-order valence-corrected chi connectivity index (χ3v) is 3.11. The van der Waals surface area contributed by atoms with Crippen LogP contribution in [0, 0.1) is 0 Å². The van der Waals surface area contributed by atoms with Crippen molar-refractivity contribution in [3.8, 4) is 5.75 Å². The molecule has 2 nitrogen and oxygen atoms in total. The molecule has 0 amide bonds. The smallest absolute Gasteiger partial charge is 0.139 e. The summed E-state index contributed by atoms with van der Waals surface area (Å²) in [4.78, 5) is 3.89. The maximum absolute atomic E-state index is 6.00. The molecule has 0 aliphatic heterocycles. The summed E-state index contributed by atoms with van der Waals surface area (Å²) in [5.41, 5.74) is 0.918. The highest BCUT2D eigenvalue weighted by Crippen LogP contribution is 2.31. The van der Waals surface area contributed by atoms with Crippen LogP contribution in [0.25, 0.3) is 0 Å². The van der Waals surface area contributed by atoms with E-state index in [0.717, 1.165) is 5.56 Å². The van der Waals surface area contributed by atoms with E-state index in [2.05, 4.69) is 4.98 Å². The van der Waals surface area contributed by atoms with Gasteiger partial charge < -0.3 is 4.74 Å². The molecule has 88 valence electrons. The number of hydrogen-bond acceptors (Lipinski definition) is 2. The van der Waals surface area contributed by atoms with E-state index < -0.39 is 0 Å². The van der Waals surface area contributed by atoms with Gasteiger partial charge in [0.25, 0.3) is 0 Å². The molecule has 2 rings (SSSR count). The molecule has 0 radical (unpaired) electrons. The molecule has 0 spiro atoms. The first kappa shape index (κ1) is 12.5. The largest absolute Gasteiger partial charge is 0.487 e. The number of benzene rings is 1. The third kappa shape index (κ3) is 3.25. The molecule has 0 saturated heterocycles. The van der Waals surface area contributed by atoms with Crippen LogP contribution in [-0.4, -0.2) is 4.98 Å². The Kier molecular flexibility index (Phi) is 4.11. The Bertz CT molecular complexity index is 531. The van der Waals surface area contributed by atoms with Crippen molar-refractivity contribution in [3.05, 3.63) is 57.3 Å². The first-order chi connectivity index (χ1) is 8.16. The van der Waals surface area contributed by atoms with E-state index >= 15 is 0 Å². The standard InChI is InChI=1S/C12H8Cl3NO/c13-9-2-1-3-10(12(9)15)17-7-8-4-5-16-11(14)6-8/h1-6H,7H2. The predicted molar refractivity (Wildman–Crippen MR) is 70.0 cm³/mol. The van der Waals surface area contributed by atoms with Crippen LogP contribution in [0.1, 0.15) is 5.56 Å². The molecule has 0 aliphatic rings. The normalized spacial score (nSPS) is 10.3. The van der Waals surface area contributed by atoms with E-state index in [1.54, 1.807) is 30.5 Å². The monoisotopic (exact) mass is 287 g/mol. The van der Waals surface area contributed by atoms with Crippen LogP contribution in [0.2, 0.25) is 15.2 Å². The Morgan fingerprint density at radius 1 is 1.12 bits per heavy atom. The summed E-state index contributed by atoms with van der Waals surface area (Å²) in [6.07, 6.45) is 1.63. The van der Waals surface area contributed by atoms with Gasteiger partial charge in [-0.1, -0.05) is 40.9 Å². The first-order valence-corrected chi connectivity index (χ1v) is 5.97. The lowest BCUT2D eigenvalue weighted by Gasteiger charge is -2.08. The molecule has 2 aromatic rings. The second-order valence-corrected chi connectivity index (χ2v) is 4.50. The van der Waals surface area contributed by atoms with Crippen molar-refractivity contribution >= 4 is 34.8 Å². The quantitative estimate of drug-likeness (QED) is 0.769. The van der Waals surface area contributed by atoms with Gasteiger partial charge in [-0.3, -0.25) is 0 Å². The summed E-state index contributed by atoms with van der Waals surface area (Å²) in [5, 5.41) is 1.31. The minimum atomic E-state index is 0.363. The Hall–Kier alpha value is -0.960. The van der Waals surface area contributed by atoms with Crippen molar-refractivity contribution in [1.29, 1.82) is 0 Å². The van der Waals surface area contributed by atoms with Crippen molar-refractivity contribution in [3.63, 3.8) is 0 Å². The summed E-state index contributed by atoms with van der Waals surface area (Å²) in [6, 6.07) is 8.81. The fraction of sp³-hybridized carbons (Fsp3) is 0.0833. The number of aromatic nitrogens is 1. The zero-order valence-corrected chi connectivity index (χ0v) is 10.9. The molecule has 0 atom stereocenters. The number of halogens is 3. The predicted octanol–water partition coefficient (Wildman–Crippen LogP) is 4.62. The van der Waals surface area contributed by atoms with E-state index in [1.165, 1.54) is 0 Å². The summed E-state index contributed by atoms with van der Waals surface area (Å²) in [5.74, 6) is 0.548. The highest BCUT2D eigenvalue weighted by molar-refractivity contribution is 6.42. The van der Waals surface area contributed by atoms with Gasteiger partial charge >= 0.3 is 0 Å². The van der Waals surface area contributed by atoms with Crippen LogP contribution in [0.3, 0.4) is 0 Å². The van der Waals surface area contributed by atoms with E-state index in [-0.39, 0.29) is 0 Å². The second kappa shape index (κ2) is 5.58. The highest BCUT2D eigenvalue weighted by Gasteiger charge is 2.05. The molecule has 0 N–H and O–H groups in total. The van der Waals surface area contributed by atoms with Crippen LogP contribution >= 0.6 is 34.8 Å². The molecule has 17 heavy (non-hydrogen) atoms. The van der Waals surface area contributed by atoms with Gasteiger partial charge in [0, 0.05) is 6.20 Å². The SMILES string of the molecule is Clc1cc(COc2cccc(Cl)c2Cl)ccn1. The Balaban J connectivity index is 2.10. The van der Waals surface area contributed by atoms with Crippen LogP contribution < -0.4 is 4.74 Å². The molecule has 0 saturated carbocycles. The molecule has 0 bridgehead atoms. The van der Waals surface area contributed by atoms with Crippen molar-refractivity contribution in [2.24, 2.45) is 0 Å². The van der Waals surface area contributed by atoms with Crippen molar-refractivity contribution < 1.29 is 4.74 Å². The van der Waals surface area contributed by atoms with Gasteiger partial charge in [0.15, 0.2) is 0 Å². The van der Waals surface area contributed by atoms with Gasteiger partial charge in [0.05, 0.1) is 5.02 Å². The van der Waals surface area contributed by atoms with Crippen molar-refractivity contribution in [2.45, 2.75) is 6.61 Å². The van der Waals surface area contributed by atoms with E-state index in [9.17, 15) is 0 Å². The van der Waals surface area contributed by atoms with Gasteiger partial charge in [-0.25, -0.2) is 4.98 Å². The summed E-state index contributed by atoms with van der Waals surface area (Å²) in [7, 11) is 0. The van der Waals surface area contributed by atoms with Crippen LogP contribution in [0.15, 0.2) is 36.5 Å². The Morgan fingerprint density at radius 3 is 2.71 bits per heavy atom. The molecule has 0 fully saturated rings. The molecule has 1 aromatic heterocycles. The molecular formula is C12H8Cl3NO. The number of rotatable bonds is 3. The lowest BCUT2D eigenvalue weighted by Crippen LogP contribution is -1.96. The maximum atomic E-state index is 6.00. The van der Waals surface area contributed by atoms with Crippen LogP contribution in [0.5, 0.6) is 5.75 Å². The Morgan fingerprint density at radius 2 is 1.94 bits per heavy atom. The lowest BCUT2D eigenvalue weighted by molar-refractivity contribution is 0.306. The van der Waals surface area contributed by atoms with Gasteiger partial charge in [-0.15, -0.1) is 0 Å². The van der Waals surface area contributed by atoms with Gasteiger partial charge in [-0.2, -0.15) is 0 Å². The van der Waals surface area contributed by atoms with Gasteiger partial charge in [0.1, 0.15) is 22.5 Å². The zero-order valence-electron chi connectivity index (χ0n) is 8.66. The average molecular weight is 289 g/mol. The molecule has 1 heterocycles. The number of nitrogens with zero attached hydrogens (tertiary/aromatic N) is 1. The number of hydrogen-bond donors (Lipinski definition) is 0. The fourth-order valence-corrected chi connectivity index (χ4v) is 1.83. The highest BCUT2D eigenvalue weighted by atomic mass is 35.5. The second-order valence-electron chi connectivity index (χ2n) is 3.33. The molecule has 5 heteroatoms. The van der Waals surface area contributed by atoms with Crippen LogP contribution in [-0.2, 0) is 6.61 Å². The average Bonchev–Trinajstić information content (AvgIpc) is 2.31. The molecule has 0 aliphatic carbocycles. The number of ether oxygens (including phenoxy) is 1. The van der Waals surface area contributed by atoms with Gasteiger partial charge in [-0.05, 0) is 29.8 Å². The summed E-state index contributed by atoms with van der Waals surface area (Å²) >= 11 is 17.6. The van der Waals surface area contributed by atoms with E-state index in [1.807, 2.05) is 6.07 Å². The summed E-state index contributed by atoms with van der Waals surface area (Å²) in [6.45, 7) is 0.363. The van der Waals surface area contributed by atoms with Crippen molar-refractivity contribution in [1.82, 2.24) is 4.98 Å². The fourth-order valence-electron chi connectivity index (χ4n) is 1.29. The Labute approximate surface area is 114 Å². The van der Waals surface area contributed by atoms with Gasteiger partial charge in [0.2, 0.25) is 0 Å². The third-order valence-electron chi connectivity index (χ3n) is 2.10. The van der Waals surface area contributed by atoms with Crippen molar-refractivity contribution in [2.75, 3.05) is 0 Å².